The number of esters is 1. The number of cyclic esters (lactones) is 1. The molecule has 1 aromatic rings. The number of alkyl carbamates (subject to hydrolysis) is 1. The highest BCUT2D eigenvalue weighted by molar-refractivity contribution is 6.39. The number of nitrogens with two attached hydrogens (primary N) is 1. The van der Waals surface area contributed by atoms with E-state index in [1.54, 1.807) is 40.3 Å². The van der Waals surface area contributed by atoms with Crippen LogP contribution >= 0.6 is 0 Å². The van der Waals surface area contributed by atoms with Gasteiger partial charge in [0.1, 0.15) is 36.2 Å². The van der Waals surface area contributed by atoms with Gasteiger partial charge in [-0.2, -0.15) is 0 Å². The fraction of sp³-hybridized carbons (Fsp3) is 0.719. The highest BCUT2D eigenvalue weighted by Gasteiger charge is 2.53. The number of methoxy groups -OCH3 is 2. The first-order chi connectivity index (χ1) is 41.1. The monoisotopic (exact) mass is 1210 g/mol. The molecule has 86 heavy (non-hydrogen) atoms. The van der Waals surface area contributed by atoms with Gasteiger partial charge < -0.3 is 64.6 Å². The molecule has 5 heterocycles. The number of rotatable bonds is 14. The Kier molecular flexibility index (Phi) is 27.5. The van der Waals surface area contributed by atoms with Crippen molar-refractivity contribution in [2.45, 2.75) is 199 Å². The zero-order chi connectivity index (χ0) is 62.7. The molecule has 480 valence electrons. The van der Waals surface area contributed by atoms with Crippen molar-refractivity contribution in [3.8, 4) is 0 Å². The van der Waals surface area contributed by atoms with E-state index in [0.717, 1.165) is 56.2 Å². The molecule has 4 aliphatic heterocycles. The number of nitrogens with zero attached hydrogens (tertiary/aromatic N) is 5. The standard InChI is InChI=1S/C64H99N7O15/c1-10-29-83-30-28-69-24-26-70(27-25-69)62-66-37-47(38-67-62)39-68-63(79)85-52-22-20-46(34-55(52)82-9)33-49(65)54-36-51(72)42(4)32-44(6)57(74)58(75)56(73)43(5)31-40(2)16-12-11-13-17-41(3)53(81-8)35-48-21-19-45(7)64(80,86-48)59(76)60(77)71-23-15-14-18-50(71)61(78)84-54/h11-13,16-17,32,37-38,40,42-43,45-46,48-50,52-55,57-58,74-75,80H,10,14-15,18-31,33-36,39,65H2,1-9H3,(H,68,79)/b13-11+,16-12+,41-17+,44-32+/t40-,42-,43-,45-,46+,48+,49-,50+,52-,53+,54+,55-,57-,58+,64-/m1/s1. The lowest BCUT2D eigenvalue weighted by atomic mass is 9.80. The lowest BCUT2D eigenvalue weighted by Gasteiger charge is -2.42. The SMILES string of the molecule is CCCOCCN1CCN(c2ncc(CNC(=O)O[C@@H]3CC[C@@H](C[C@@H](N)[C@@H]4CC(=O)[C@H](C)/C=C(\C)[C@@H](O)[C@@H](O)C(=O)[C@H](C)C[C@H](C)/C=C/C=C/C=C(\C)[C@@H](OC)C[C@@H]5CC[C@@H](C)[C@@](O)(O5)C(=O)C(=O)N5CCCC[C@H]5C(=O)O4)C[C@H]3OC)cn2)CC1. The summed E-state index contributed by atoms with van der Waals surface area (Å²) in [5.74, 6) is -8.50. The fourth-order valence-electron chi connectivity index (χ4n) is 12.4. The van der Waals surface area contributed by atoms with Crippen LogP contribution in [0.1, 0.15) is 138 Å². The van der Waals surface area contributed by atoms with Crippen molar-refractivity contribution < 1.29 is 72.5 Å². The van der Waals surface area contributed by atoms with Gasteiger partial charge in [-0.15, -0.1) is 0 Å². The van der Waals surface area contributed by atoms with Crippen LogP contribution in [0.4, 0.5) is 10.7 Å². The number of ether oxygens (including phenoxy) is 6. The summed E-state index contributed by atoms with van der Waals surface area (Å²) in [6, 6.07) is -2.21. The van der Waals surface area contributed by atoms with E-state index in [1.807, 2.05) is 44.2 Å². The van der Waals surface area contributed by atoms with Crippen LogP contribution in [0.2, 0.25) is 0 Å². The molecule has 1 aromatic heterocycles. The van der Waals surface area contributed by atoms with Crippen molar-refractivity contribution in [3.63, 3.8) is 0 Å². The Morgan fingerprint density at radius 2 is 1.58 bits per heavy atom. The van der Waals surface area contributed by atoms with Crippen molar-refractivity contribution >= 4 is 41.3 Å². The van der Waals surface area contributed by atoms with Gasteiger partial charge >= 0.3 is 12.1 Å². The Morgan fingerprint density at radius 3 is 2.28 bits per heavy atom. The maximum Gasteiger partial charge on any atom is 0.407 e. The van der Waals surface area contributed by atoms with E-state index >= 15 is 0 Å². The number of carbonyl (C=O) groups is 6. The van der Waals surface area contributed by atoms with E-state index in [-0.39, 0.29) is 56.2 Å². The predicted octanol–water partition coefficient (Wildman–Crippen LogP) is 5.49. The van der Waals surface area contributed by atoms with Crippen molar-refractivity contribution in [2.24, 2.45) is 35.3 Å². The number of Topliss-reactive ketones (excluding diaryl/α,β-unsaturated/α-hetero) is 3. The molecule has 22 heteroatoms. The van der Waals surface area contributed by atoms with E-state index < -0.39 is 114 Å². The number of allylic oxidation sites excluding steroid dienone is 6. The second kappa shape index (κ2) is 33.9. The number of nitrogens with one attached hydrogen (secondary N) is 1. The summed E-state index contributed by atoms with van der Waals surface area (Å²) in [5, 5.41) is 37.3. The molecule has 3 saturated heterocycles. The first kappa shape index (κ1) is 69.8. The molecule has 6 N–H and O–H groups in total. The molecule has 6 rings (SSSR count). The number of carbonyl (C=O) groups excluding carboxylic acids is 6. The molecular weight excluding hydrogens is 1110 g/mol. The quantitative estimate of drug-likeness (QED) is 0.0666. The normalized spacial score (nSPS) is 34.6. The third kappa shape index (κ3) is 19.6. The van der Waals surface area contributed by atoms with Crippen molar-refractivity contribution in [1.29, 1.82) is 0 Å². The summed E-state index contributed by atoms with van der Waals surface area (Å²) < 4.78 is 35.7. The molecule has 1 saturated carbocycles. The predicted molar refractivity (Wildman–Crippen MR) is 322 cm³/mol. The molecule has 0 unspecified atom stereocenters. The van der Waals surface area contributed by atoms with Crippen LogP contribution in [0.15, 0.2) is 60.0 Å². The summed E-state index contributed by atoms with van der Waals surface area (Å²) in [5.41, 5.74) is 8.74. The molecule has 4 fully saturated rings. The highest BCUT2D eigenvalue weighted by Crippen LogP contribution is 2.37. The maximum absolute atomic E-state index is 14.6. The third-order valence-electron chi connectivity index (χ3n) is 17.9. The summed E-state index contributed by atoms with van der Waals surface area (Å²) >= 11 is 0. The lowest BCUT2D eigenvalue weighted by Crippen LogP contribution is -2.61. The number of hydrogen-bond donors (Lipinski definition) is 5. The number of ketones is 3. The third-order valence-corrected chi connectivity index (χ3v) is 17.9. The molecule has 5 aliphatic rings. The van der Waals surface area contributed by atoms with Gasteiger partial charge in [0.05, 0.1) is 24.9 Å². The summed E-state index contributed by atoms with van der Waals surface area (Å²) in [7, 11) is 3.09. The largest absolute Gasteiger partial charge is 0.459 e. The summed E-state index contributed by atoms with van der Waals surface area (Å²) in [6.45, 7) is 18.3. The van der Waals surface area contributed by atoms with Crippen LogP contribution in [0.25, 0.3) is 0 Å². The van der Waals surface area contributed by atoms with Crippen LogP contribution < -0.4 is 16.0 Å². The number of piperazine rings is 1. The molecule has 2 bridgehead atoms. The van der Waals surface area contributed by atoms with Gasteiger partial charge in [-0.25, -0.2) is 19.6 Å². The molecule has 22 nitrogen and oxygen atoms in total. The van der Waals surface area contributed by atoms with Crippen molar-refractivity contribution in [3.05, 3.63) is 65.6 Å². The smallest absolute Gasteiger partial charge is 0.407 e. The number of amides is 2. The molecule has 0 spiro atoms. The Labute approximate surface area is 508 Å². The molecule has 0 aromatic carbocycles. The van der Waals surface area contributed by atoms with Gasteiger partial charge in [0, 0.05) is 121 Å². The number of fused-ring (bicyclic) bond motifs is 3. The van der Waals surface area contributed by atoms with Crippen LogP contribution in [-0.4, -0.2) is 198 Å². The summed E-state index contributed by atoms with van der Waals surface area (Å²) in [6.07, 6.45) is 11.6. The fourth-order valence-corrected chi connectivity index (χ4v) is 12.4. The number of hydrogen-bond acceptors (Lipinski definition) is 20. The number of aromatic nitrogens is 2. The second-order valence-corrected chi connectivity index (χ2v) is 24.6. The molecular formula is C64H99N7O15. The van der Waals surface area contributed by atoms with E-state index in [1.165, 1.54) is 20.1 Å². The maximum atomic E-state index is 14.6. The summed E-state index contributed by atoms with van der Waals surface area (Å²) in [4.78, 5) is 99.2. The molecule has 1 aliphatic carbocycles. The van der Waals surface area contributed by atoms with Crippen molar-refractivity contribution in [2.75, 3.05) is 71.6 Å². The van der Waals surface area contributed by atoms with E-state index in [2.05, 4.69) is 32.0 Å². The Balaban J connectivity index is 1.15. The first-order valence-corrected chi connectivity index (χ1v) is 31.3. The van der Waals surface area contributed by atoms with Gasteiger partial charge in [-0.3, -0.25) is 24.1 Å². The topological polar surface area (TPSA) is 292 Å². The van der Waals surface area contributed by atoms with Gasteiger partial charge in [-0.1, -0.05) is 71.1 Å². The first-order valence-electron chi connectivity index (χ1n) is 31.3. The van der Waals surface area contributed by atoms with E-state index in [0.29, 0.717) is 69.5 Å². The molecule has 0 radical (unpaired) electrons. The highest BCUT2D eigenvalue weighted by atomic mass is 16.6. The van der Waals surface area contributed by atoms with Gasteiger partial charge in [0.2, 0.25) is 11.7 Å². The zero-order valence-corrected chi connectivity index (χ0v) is 52.3. The van der Waals surface area contributed by atoms with Crippen LogP contribution in [0, 0.1) is 29.6 Å². The number of anilines is 1. The number of aliphatic hydroxyl groups is 3. The van der Waals surface area contributed by atoms with Gasteiger partial charge in [0.25, 0.3) is 11.7 Å². The van der Waals surface area contributed by atoms with E-state index in [9.17, 15) is 44.1 Å². The molecule has 15 atom stereocenters. The second-order valence-electron chi connectivity index (χ2n) is 24.6. The number of piperidine rings is 1. The average Bonchev–Trinajstić information content (AvgIpc) is 3.43. The van der Waals surface area contributed by atoms with E-state index in [4.69, 9.17) is 34.2 Å². The van der Waals surface area contributed by atoms with Crippen LogP contribution in [0.5, 0.6) is 0 Å². The minimum absolute atomic E-state index is 0.0136. The minimum Gasteiger partial charge on any atom is -0.459 e. The van der Waals surface area contributed by atoms with Crippen molar-refractivity contribution in [1.82, 2.24) is 25.1 Å². The average molecular weight is 1210 g/mol. The van der Waals surface area contributed by atoms with Gasteiger partial charge in [0.15, 0.2) is 5.78 Å². The minimum atomic E-state index is -2.49. The Morgan fingerprint density at radius 1 is 0.849 bits per heavy atom. The molecule has 2 amide bonds. The lowest BCUT2D eigenvalue weighted by molar-refractivity contribution is -0.265. The van der Waals surface area contributed by atoms with Gasteiger partial charge in [-0.05, 0) is 107 Å². The Bertz CT molecular complexity index is 2520. The van der Waals surface area contributed by atoms with Crippen LogP contribution in [0.3, 0.4) is 0 Å². The zero-order valence-electron chi connectivity index (χ0n) is 52.3. The Hall–Kier alpha value is -5.30. The van der Waals surface area contributed by atoms with Crippen LogP contribution in [-0.2, 0) is 58.9 Å². The number of aliphatic hydroxyl groups excluding tert-OH is 2.